The molecule has 2 aliphatic heterocycles. The number of nitrogens with one attached hydrogen (secondary N) is 1. The number of halogens is 1. The summed E-state index contributed by atoms with van der Waals surface area (Å²) in [4.78, 5) is 17.4. The lowest BCUT2D eigenvalue weighted by Gasteiger charge is -2.27. The van der Waals surface area contributed by atoms with Gasteiger partial charge in [-0.2, -0.15) is 0 Å². The van der Waals surface area contributed by atoms with E-state index in [4.69, 9.17) is 0 Å². The Hall–Kier alpha value is -2.18. The molecule has 1 amide bonds. The van der Waals surface area contributed by atoms with Gasteiger partial charge in [0.05, 0.1) is 0 Å². The number of hydrogen-bond donors (Lipinski definition) is 1. The second kappa shape index (κ2) is 8.45. The van der Waals surface area contributed by atoms with Gasteiger partial charge in [-0.1, -0.05) is 12.1 Å². The fourth-order valence-electron chi connectivity index (χ4n) is 4.43. The van der Waals surface area contributed by atoms with Gasteiger partial charge < -0.3 is 14.8 Å². The van der Waals surface area contributed by atoms with Crippen LogP contribution in [-0.2, 0) is 26.6 Å². The van der Waals surface area contributed by atoms with E-state index in [0.717, 1.165) is 56.9 Å². The lowest BCUT2D eigenvalue weighted by Crippen LogP contribution is -2.34. The number of carbonyl (C=O) groups is 1. The molecule has 0 aliphatic carbocycles. The number of amides is 1. The summed E-state index contributed by atoms with van der Waals surface area (Å²) in [6.07, 6.45) is 3.44. The van der Waals surface area contributed by atoms with E-state index in [2.05, 4.69) is 15.1 Å². The Labute approximate surface area is 166 Å². The summed E-state index contributed by atoms with van der Waals surface area (Å²) in [5.74, 6) is -0.185. The number of hydrogen-bond acceptors (Lipinski definition) is 3. The zero-order valence-electron chi connectivity index (χ0n) is 16.6. The summed E-state index contributed by atoms with van der Waals surface area (Å²) < 4.78 is 15.5. The molecule has 0 unspecified atom stereocenters. The number of fused-ring (bicyclic) bond motifs is 1. The Morgan fingerprint density at radius 3 is 2.75 bits per heavy atom. The highest BCUT2D eigenvalue weighted by atomic mass is 19.1. The molecule has 1 N–H and O–H groups in total. The van der Waals surface area contributed by atoms with E-state index in [1.165, 1.54) is 30.2 Å². The molecule has 0 bridgehead atoms. The predicted molar refractivity (Wildman–Crippen MR) is 108 cm³/mol. The third-order valence-corrected chi connectivity index (χ3v) is 5.95. The molecule has 0 atom stereocenters. The van der Waals surface area contributed by atoms with Gasteiger partial charge in [0.25, 0.3) is 5.91 Å². The summed E-state index contributed by atoms with van der Waals surface area (Å²) >= 11 is 0. The Balaban J connectivity index is 1.37. The van der Waals surface area contributed by atoms with Crippen LogP contribution < -0.4 is 5.32 Å². The van der Waals surface area contributed by atoms with E-state index >= 15 is 0 Å². The average Bonchev–Trinajstić information content (AvgIpc) is 3.30. The van der Waals surface area contributed by atoms with E-state index in [-0.39, 0.29) is 11.7 Å². The van der Waals surface area contributed by atoms with E-state index in [1.54, 1.807) is 12.1 Å². The highest BCUT2D eigenvalue weighted by Crippen LogP contribution is 2.24. The quantitative estimate of drug-likeness (QED) is 0.832. The minimum atomic E-state index is -0.192. The van der Waals surface area contributed by atoms with Crippen LogP contribution in [0.4, 0.5) is 4.39 Å². The number of nitrogens with zero attached hydrogens (tertiary/aromatic N) is 3. The van der Waals surface area contributed by atoms with Crippen LogP contribution in [0.25, 0.3) is 0 Å². The Bertz CT molecular complexity index is 841. The second-order valence-corrected chi connectivity index (χ2v) is 7.96. The van der Waals surface area contributed by atoms with Crippen LogP contribution in [0.5, 0.6) is 0 Å². The molecule has 2 aliphatic rings. The van der Waals surface area contributed by atoms with Gasteiger partial charge in [-0.3, -0.25) is 9.69 Å². The van der Waals surface area contributed by atoms with Gasteiger partial charge in [0.1, 0.15) is 11.5 Å². The first-order valence-corrected chi connectivity index (χ1v) is 10.2. The number of benzene rings is 1. The van der Waals surface area contributed by atoms with Crippen molar-refractivity contribution in [3.05, 3.63) is 58.7 Å². The highest BCUT2D eigenvalue weighted by molar-refractivity contribution is 5.93. The van der Waals surface area contributed by atoms with Crippen LogP contribution in [0.1, 0.15) is 40.2 Å². The maximum Gasteiger partial charge on any atom is 0.267 e. The van der Waals surface area contributed by atoms with Crippen LogP contribution in [0, 0.1) is 5.82 Å². The number of rotatable bonds is 6. The van der Waals surface area contributed by atoms with E-state index in [1.807, 2.05) is 23.7 Å². The third-order valence-electron chi connectivity index (χ3n) is 5.95. The molecule has 150 valence electrons. The lowest BCUT2D eigenvalue weighted by molar-refractivity contribution is 0.0941. The number of carbonyl (C=O) groups excluding carboxylic acids is 1. The van der Waals surface area contributed by atoms with Crippen LogP contribution in [-0.4, -0.2) is 53.0 Å². The minimum absolute atomic E-state index is 0.00720. The van der Waals surface area contributed by atoms with E-state index in [0.29, 0.717) is 6.54 Å². The van der Waals surface area contributed by atoms with Gasteiger partial charge in [0.15, 0.2) is 0 Å². The SMILES string of the molecule is Cn1c(C(=O)NCCN2CCCC2)cc2c1CCN(Cc1cccc(F)c1)C2. The summed E-state index contributed by atoms with van der Waals surface area (Å²) in [6.45, 7) is 6.35. The molecular formula is C22H29FN4O. The Morgan fingerprint density at radius 1 is 1.14 bits per heavy atom. The standard InChI is InChI=1S/C22H29FN4O/c1-25-20-7-11-27(15-17-5-4-6-19(23)13-17)16-18(20)14-21(25)22(28)24-8-12-26-9-2-3-10-26/h4-6,13-14H,2-3,7-12,15-16H2,1H3,(H,24,28). The zero-order chi connectivity index (χ0) is 19.5. The molecule has 0 radical (unpaired) electrons. The van der Waals surface area contributed by atoms with Crippen molar-refractivity contribution in [3.63, 3.8) is 0 Å². The fourth-order valence-corrected chi connectivity index (χ4v) is 4.43. The van der Waals surface area contributed by atoms with Crippen molar-refractivity contribution in [1.82, 2.24) is 19.7 Å². The summed E-state index contributed by atoms with van der Waals surface area (Å²) in [5.41, 5.74) is 4.16. The Kier molecular flexibility index (Phi) is 5.78. The summed E-state index contributed by atoms with van der Waals surface area (Å²) in [5, 5.41) is 3.08. The number of likely N-dealkylation sites (tertiary alicyclic amines) is 1. The molecule has 28 heavy (non-hydrogen) atoms. The molecule has 1 aromatic heterocycles. The lowest BCUT2D eigenvalue weighted by atomic mass is 10.1. The van der Waals surface area contributed by atoms with Crippen molar-refractivity contribution < 1.29 is 9.18 Å². The fraction of sp³-hybridized carbons (Fsp3) is 0.500. The monoisotopic (exact) mass is 384 g/mol. The van der Waals surface area contributed by atoms with Gasteiger partial charge in [-0.05, 0) is 55.3 Å². The summed E-state index contributed by atoms with van der Waals surface area (Å²) in [7, 11) is 1.98. The predicted octanol–water partition coefficient (Wildman–Crippen LogP) is 2.55. The topological polar surface area (TPSA) is 40.5 Å². The average molecular weight is 384 g/mol. The third kappa shape index (κ3) is 4.28. The largest absolute Gasteiger partial charge is 0.349 e. The second-order valence-electron chi connectivity index (χ2n) is 7.96. The van der Waals surface area contributed by atoms with E-state index < -0.39 is 0 Å². The molecule has 5 nitrogen and oxygen atoms in total. The van der Waals surface area contributed by atoms with Crippen LogP contribution in [0.2, 0.25) is 0 Å². The molecule has 0 saturated carbocycles. The van der Waals surface area contributed by atoms with Crippen molar-refractivity contribution in [3.8, 4) is 0 Å². The maximum atomic E-state index is 13.4. The summed E-state index contributed by atoms with van der Waals surface area (Å²) in [6, 6.07) is 8.82. The molecule has 6 heteroatoms. The van der Waals surface area contributed by atoms with Crippen molar-refractivity contribution in [2.75, 3.05) is 32.7 Å². The maximum absolute atomic E-state index is 13.4. The van der Waals surface area contributed by atoms with Crippen molar-refractivity contribution in [2.24, 2.45) is 7.05 Å². The zero-order valence-corrected chi connectivity index (χ0v) is 16.6. The van der Waals surface area contributed by atoms with Crippen LogP contribution in [0.3, 0.4) is 0 Å². The highest BCUT2D eigenvalue weighted by Gasteiger charge is 2.23. The molecule has 0 spiro atoms. The molecule has 2 aromatic rings. The molecule has 4 rings (SSSR count). The molecule has 1 saturated heterocycles. The van der Waals surface area contributed by atoms with Gasteiger partial charge in [-0.25, -0.2) is 4.39 Å². The minimum Gasteiger partial charge on any atom is -0.349 e. The van der Waals surface area contributed by atoms with Gasteiger partial charge in [-0.15, -0.1) is 0 Å². The smallest absolute Gasteiger partial charge is 0.267 e. The first kappa shape index (κ1) is 19.2. The van der Waals surface area contributed by atoms with Crippen LogP contribution >= 0.6 is 0 Å². The van der Waals surface area contributed by atoms with Gasteiger partial charge in [0, 0.05) is 51.9 Å². The van der Waals surface area contributed by atoms with Crippen molar-refractivity contribution in [2.45, 2.75) is 32.4 Å². The van der Waals surface area contributed by atoms with Crippen molar-refractivity contribution >= 4 is 5.91 Å². The Morgan fingerprint density at radius 2 is 1.96 bits per heavy atom. The molecule has 1 aromatic carbocycles. The normalized spacial score (nSPS) is 17.6. The van der Waals surface area contributed by atoms with Gasteiger partial charge in [0.2, 0.25) is 0 Å². The molecule has 1 fully saturated rings. The van der Waals surface area contributed by atoms with Gasteiger partial charge >= 0.3 is 0 Å². The van der Waals surface area contributed by atoms with Crippen molar-refractivity contribution in [1.29, 1.82) is 0 Å². The first-order chi connectivity index (χ1) is 13.6. The van der Waals surface area contributed by atoms with Crippen LogP contribution in [0.15, 0.2) is 30.3 Å². The first-order valence-electron chi connectivity index (χ1n) is 10.2. The molecular weight excluding hydrogens is 355 g/mol. The van der Waals surface area contributed by atoms with E-state index in [9.17, 15) is 9.18 Å². The molecule has 3 heterocycles. The number of aromatic nitrogens is 1.